The van der Waals surface area contributed by atoms with E-state index in [1.165, 1.54) is 30.5 Å². The minimum Gasteiger partial charge on any atom is -0.353 e. The Bertz CT molecular complexity index is 355. The van der Waals surface area contributed by atoms with E-state index in [-0.39, 0.29) is 0 Å². The lowest BCUT2D eigenvalue weighted by atomic mass is 10.1. The Hall–Kier alpha value is -1.23. The van der Waals surface area contributed by atoms with Crippen molar-refractivity contribution in [2.45, 2.75) is 32.1 Å². The highest BCUT2D eigenvalue weighted by atomic mass is 14.9. The van der Waals surface area contributed by atoms with Crippen molar-refractivity contribution in [2.75, 3.05) is 0 Å². The zero-order chi connectivity index (χ0) is 9.26. The zero-order valence-corrected chi connectivity index (χ0v) is 8.01. The normalized spacial score (nSPS) is 16.0. The summed E-state index contributed by atoms with van der Waals surface area (Å²) in [6.45, 7) is 0. The van der Waals surface area contributed by atoms with Crippen LogP contribution in [0.3, 0.4) is 0 Å². The van der Waals surface area contributed by atoms with E-state index in [4.69, 9.17) is 5.26 Å². The van der Waals surface area contributed by atoms with Crippen molar-refractivity contribution < 1.29 is 0 Å². The first kappa shape index (κ1) is 8.37. The van der Waals surface area contributed by atoms with Crippen LogP contribution in [-0.2, 0) is 19.9 Å². The second kappa shape index (κ2) is 3.26. The average molecular weight is 174 g/mol. The first-order chi connectivity index (χ1) is 6.33. The van der Waals surface area contributed by atoms with Gasteiger partial charge in [0, 0.05) is 18.9 Å². The molecule has 13 heavy (non-hydrogen) atoms. The van der Waals surface area contributed by atoms with Gasteiger partial charge >= 0.3 is 0 Å². The van der Waals surface area contributed by atoms with E-state index in [0.29, 0.717) is 0 Å². The van der Waals surface area contributed by atoms with E-state index in [1.807, 2.05) is 13.2 Å². The van der Waals surface area contributed by atoms with Crippen molar-refractivity contribution in [1.82, 2.24) is 4.57 Å². The maximum absolute atomic E-state index is 8.94. The van der Waals surface area contributed by atoms with Crippen LogP contribution in [0.4, 0.5) is 0 Å². The van der Waals surface area contributed by atoms with Crippen molar-refractivity contribution in [2.24, 2.45) is 7.05 Å². The van der Waals surface area contributed by atoms with Gasteiger partial charge in [0.05, 0.1) is 5.56 Å². The summed E-state index contributed by atoms with van der Waals surface area (Å²) < 4.78 is 2.12. The van der Waals surface area contributed by atoms with Crippen molar-refractivity contribution in [3.05, 3.63) is 23.0 Å². The van der Waals surface area contributed by atoms with Crippen molar-refractivity contribution in [1.29, 1.82) is 5.26 Å². The van der Waals surface area contributed by atoms with E-state index < -0.39 is 0 Å². The van der Waals surface area contributed by atoms with Gasteiger partial charge in [-0.3, -0.25) is 0 Å². The molecule has 1 aromatic rings. The second-order valence-corrected chi connectivity index (χ2v) is 3.75. The SMILES string of the molecule is Cn1cc(C#N)c2c1CCCCC2. The van der Waals surface area contributed by atoms with Crippen LogP contribution < -0.4 is 0 Å². The van der Waals surface area contributed by atoms with Gasteiger partial charge in [0.25, 0.3) is 0 Å². The Morgan fingerprint density at radius 1 is 1.31 bits per heavy atom. The quantitative estimate of drug-likeness (QED) is 0.554. The summed E-state index contributed by atoms with van der Waals surface area (Å²) in [5.41, 5.74) is 3.58. The molecule has 0 radical (unpaired) electrons. The van der Waals surface area contributed by atoms with Gasteiger partial charge in [-0.15, -0.1) is 0 Å². The lowest BCUT2D eigenvalue weighted by Gasteiger charge is -2.01. The fourth-order valence-corrected chi connectivity index (χ4v) is 2.19. The van der Waals surface area contributed by atoms with Crippen molar-refractivity contribution in [3.8, 4) is 6.07 Å². The smallest absolute Gasteiger partial charge is 0.101 e. The molecule has 2 heteroatoms. The van der Waals surface area contributed by atoms with Gasteiger partial charge in [-0.05, 0) is 31.2 Å². The van der Waals surface area contributed by atoms with Gasteiger partial charge in [0.15, 0.2) is 0 Å². The van der Waals surface area contributed by atoms with Crippen LogP contribution in [0.1, 0.15) is 36.1 Å². The Labute approximate surface area is 78.8 Å². The number of hydrogen-bond donors (Lipinski definition) is 0. The molecule has 0 N–H and O–H groups in total. The van der Waals surface area contributed by atoms with Crippen LogP contribution >= 0.6 is 0 Å². The molecule has 0 unspecified atom stereocenters. The van der Waals surface area contributed by atoms with Crippen LogP contribution in [0.25, 0.3) is 0 Å². The number of aryl methyl sites for hydroxylation is 1. The summed E-state index contributed by atoms with van der Waals surface area (Å²) in [4.78, 5) is 0. The number of hydrogen-bond acceptors (Lipinski definition) is 1. The number of nitrogens with zero attached hydrogens (tertiary/aromatic N) is 2. The molecule has 0 amide bonds. The topological polar surface area (TPSA) is 28.7 Å². The highest BCUT2D eigenvalue weighted by molar-refractivity contribution is 5.41. The fourth-order valence-electron chi connectivity index (χ4n) is 2.19. The molecule has 0 saturated carbocycles. The molecule has 1 aliphatic carbocycles. The van der Waals surface area contributed by atoms with E-state index in [0.717, 1.165) is 18.4 Å². The van der Waals surface area contributed by atoms with Gasteiger partial charge in [0.2, 0.25) is 0 Å². The van der Waals surface area contributed by atoms with Crippen molar-refractivity contribution >= 4 is 0 Å². The molecule has 0 bridgehead atoms. The minimum absolute atomic E-state index is 0.888. The molecule has 2 nitrogen and oxygen atoms in total. The van der Waals surface area contributed by atoms with Gasteiger partial charge < -0.3 is 4.57 Å². The number of rotatable bonds is 0. The summed E-state index contributed by atoms with van der Waals surface area (Å²) in [6, 6.07) is 2.28. The zero-order valence-electron chi connectivity index (χ0n) is 8.01. The molecule has 1 aliphatic rings. The first-order valence-corrected chi connectivity index (χ1v) is 4.90. The Morgan fingerprint density at radius 3 is 2.85 bits per heavy atom. The number of fused-ring (bicyclic) bond motifs is 1. The Morgan fingerprint density at radius 2 is 2.08 bits per heavy atom. The molecule has 1 heterocycles. The van der Waals surface area contributed by atoms with E-state index in [2.05, 4.69) is 10.6 Å². The fraction of sp³-hybridized carbons (Fsp3) is 0.545. The van der Waals surface area contributed by atoms with Crippen LogP contribution in [0, 0.1) is 11.3 Å². The maximum atomic E-state index is 8.94. The first-order valence-electron chi connectivity index (χ1n) is 4.90. The van der Waals surface area contributed by atoms with Gasteiger partial charge in [-0.25, -0.2) is 0 Å². The molecule has 0 atom stereocenters. The summed E-state index contributed by atoms with van der Waals surface area (Å²) in [6.07, 6.45) is 8.03. The van der Waals surface area contributed by atoms with Gasteiger partial charge in [0.1, 0.15) is 6.07 Å². The van der Waals surface area contributed by atoms with Crippen LogP contribution in [0.15, 0.2) is 6.20 Å². The third-order valence-corrected chi connectivity index (χ3v) is 2.88. The summed E-state index contributed by atoms with van der Waals surface area (Å²) in [7, 11) is 2.05. The molecule has 0 aliphatic heterocycles. The number of aromatic nitrogens is 1. The summed E-state index contributed by atoms with van der Waals surface area (Å²) in [5, 5.41) is 8.94. The van der Waals surface area contributed by atoms with E-state index >= 15 is 0 Å². The highest BCUT2D eigenvalue weighted by Crippen LogP contribution is 2.24. The Kier molecular flexibility index (Phi) is 2.10. The summed E-state index contributed by atoms with van der Waals surface area (Å²) >= 11 is 0. The van der Waals surface area contributed by atoms with Crippen LogP contribution in [-0.4, -0.2) is 4.57 Å². The monoisotopic (exact) mass is 174 g/mol. The molecule has 2 rings (SSSR count). The Balaban J connectivity index is 2.49. The van der Waals surface area contributed by atoms with E-state index in [9.17, 15) is 0 Å². The third-order valence-electron chi connectivity index (χ3n) is 2.88. The molecule has 0 fully saturated rings. The predicted octanol–water partition coefficient (Wildman–Crippen LogP) is 2.17. The summed E-state index contributed by atoms with van der Waals surface area (Å²) in [5.74, 6) is 0. The number of nitriles is 1. The van der Waals surface area contributed by atoms with E-state index in [1.54, 1.807) is 0 Å². The second-order valence-electron chi connectivity index (χ2n) is 3.75. The third kappa shape index (κ3) is 1.35. The van der Waals surface area contributed by atoms with Crippen LogP contribution in [0.2, 0.25) is 0 Å². The van der Waals surface area contributed by atoms with Crippen molar-refractivity contribution in [3.63, 3.8) is 0 Å². The predicted molar refractivity (Wildman–Crippen MR) is 51.4 cm³/mol. The molecule has 68 valence electrons. The van der Waals surface area contributed by atoms with Gasteiger partial charge in [-0.2, -0.15) is 5.26 Å². The molecule has 0 spiro atoms. The molecule has 0 saturated heterocycles. The molecular weight excluding hydrogens is 160 g/mol. The standard InChI is InChI=1S/C11H14N2/c1-13-8-9(7-12)10-5-3-2-4-6-11(10)13/h8H,2-6H2,1H3. The highest BCUT2D eigenvalue weighted by Gasteiger charge is 2.15. The average Bonchev–Trinajstić information content (AvgIpc) is 2.38. The lowest BCUT2D eigenvalue weighted by molar-refractivity contribution is 0.694. The molecular formula is C11H14N2. The van der Waals surface area contributed by atoms with Gasteiger partial charge in [-0.1, -0.05) is 6.42 Å². The largest absolute Gasteiger partial charge is 0.353 e. The molecule has 0 aromatic carbocycles. The lowest BCUT2D eigenvalue weighted by Crippen LogP contribution is -1.96. The minimum atomic E-state index is 0.888. The van der Waals surface area contributed by atoms with Crippen LogP contribution in [0.5, 0.6) is 0 Å². The maximum Gasteiger partial charge on any atom is 0.101 e. The molecule has 1 aromatic heterocycles.